The first-order valence-electron chi connectivity index (χ1n) is 6.36. The van der Waals surface area contributed by atoms with E-state index in [1.54, 1.807) is 23.9 Å². The highest BCUT2D eigenvalue weighted by atomic mass is 35.5. The summed E-state index contributed by atoms with van der Waals surface area (Å²) in [6.07, 6.45) is 0.852. The molecule has 1 unspecified atom stereocenters. The number of hydrogen-bond donors (Lipinski definition) is 1. The summed E-state index contributed by atoms with van der Waals surface area (Å²) in [7, 11) is 0. The average Bonchev–Trinajstić information content (AvgIpc) is 2.48. The summed E-state index contributed by atoms with van der Waals surface area (Å²) in [4.78, 5) is 13.4. The van der Waals surface area contributed by atoms with Gasteiger partial charge in [0.1, 0.15) is 0 Å². The van der Waals surface area contributed by atoms with Gasteiger partial charge in [-0.1, -0.05) is 23.2 Å². The molecule has 1 aromatic heterocycles. The number of thioether (sulfide) groups is 1. The first-order valence-corrected chi connectivity index (χ1v) is 8.10. The van der Waals surface area contributed by atoms with Crippen LogP contribution in [0, 0.1) is 0 Å². The van der Waals surface area contributed by atoms with Gasteiger partial charge in [0, 0.05) is 15.7 Å². The fraction of sp³-hybridized carbons (Fsp3) is 0.214. The van der Waals surface area contributed by atoms with Crippen molar-refractivity contribution in [3.05, 3.63) is 51.8 Å². The third kappa shape index (κ3) is 3.31. The van der Waals surface area contributed by atoms with E-state index >= 15 is 0 Å². The van der Waals surface area contributed by atoms with Crippen molar-refractivity contribution >= 4 is 40.9 Å². The summed E-state index contributed by atoms with van der Waals surface area (Å²) >= 11 is 13.5. The molecule has 21 heavy (non-hydrogen) atoms. The summed E-state index contributed by atoms with van der Waals surface area (Å²) in [6.45, 7) is 0. The molecule has 1 aliphatic rings. The molecule has 1 amide bonds. The van der Waals surface area contributed by atoms with E-state index < -0.39 is 0 Å². The highest BCUT2D eigenvalue weighted by molar-refractivity contribution is 7.99. The zero-order chi connectivity index (χ0) is 14.8. The maximum Gasteiger partial charge on any atom is 0.272 e. The fourth-order valence-electron chi connectivity index (χ4n) is 2.18. The second kappa shape index (κ2) is 6.22. The Labute approximate surface area is 136 Å². The van der Waals surface area contributed by atoms with Gasteiger partial charge in [0.05, 0.1) is 6.04 Å². The highest BCUT2D eigenvalue weighted by Crippen LogP contribution is 2.37. The number of fused-ring (bicyclic) bond motifs is 1. The molecule has 2 heterocycles. The summed E-state index contributed by atoms with van der Waals surface area (Å²) in [5.74, 6) is 0.688. The second-order valence-electron chi connectivity index (χ2n) is 4.59. The van der Waals surface area contributed by atoms with Crippen molar-refractivity contribution in [2.24, 2.45) is 0 Å². The van der Waals surface area contributed by atoms with E-state index in [2.05, 4.69) is 15.5 Å². The Bertz CT molecular complexity index is 678. The lowest BCUT2D eigenvalue weighted by molar-refractivity contribution is 0.0929. The Balaban J connectivity index is 1.81. The number of nitrogens with zero attached hydrogens (tertiary/aromatic N) is 2. The Hall–Kier alpha value is -1.30. The van der Waals surface area contributed by atoms with Crippen molar-refractivity contribution in [1.29, 1.82) is 0 Å². The molecular weight excluding hydrogens is 329 g/mol. The van der Waals surface area contributed by atoms with Crippen LogP contribution in [0.3, 0.4) is 0 Å². The number of aromatic nitrogens is 2. The molecule has 2 aromatic rings. The van der Waals surface area contributed by atoms with E-state index in [0.29, 0.717) is 5.02 Å². The molecule has 1 aliphatic heterocycles. The molecule has 0 saturated carbocycles. The number of rotatable bonds is 2. The van der Waals surface area contributed by atoms with E-state index in [1.165, 1.54) is 0 Å². The molecule has 0 fully saturated rings. The molecule has 1 N–H and O–H groups in total. The maximum absolute atomic E-state index is 12.2. The van der Waals surface area contributed by atoms with Crippen molar-refractivity contribution in [2.45, 2.75) is 17.4 Å². The quantitative estimate of drug-likeness (QED) is 0.905. The van der Waals surface area contributed by atoms with Crippen molar-refractivity contribution < 1.29 is 4.79 Å². The monoisotopic (exact) mass is 339 g/mol. The molecular formula is C14H11Cl2N3OS. The Morgan fingerprint density at radius 2 is 2.10 bits per heavy atom. The molecule has 0 saturated heterocycles. The number of benzene rings is 1. The van der Waals surface area contributed by atoms with E-state index in [9.17, 15) is 4.79 Å². The van der Waals surface area contributed by atoms with Gasteiger partial charge in [0.25, 0.3) is 5.91 Å². The van der Waals surface area contributed by atoms with E-state index in [4.69, 9.17) is 23.2 Å². The normalized spacial score (nSPS) is 17.1. The summed E-state index contributed by atoms with van der Waals surface area (Å²) < 4.78 is 0. The van der Waals surface area contributed by atoms with Crippen LogP contribution in [-0.2, 0) is 0 Å². The molecule has 0 spiro atoms. The summed E-state index contributed by atoms with van der Waals surface area (Å²) in [6, 6.07) is 8.79. The minimum absolute atomic E-state index is 0.0649. The standard InChI is InChI=1S/C14H11Cl2N3OS/c15-8-1-3-12-9(7-8)10(5-6-21-12)17-14(20)11-2-4-13(16)19-18-11/h1-4,7,10H,5-6H2,(H,17,20). The van der Waals surface area contributed by atoms with Crippen molar-refractivity contribution in [2.75, 3.05) is 5.75 Å². The van der Waals surface area contributed by atoms with Crippen molar-refractivity contribution in [1.82, 2.24) is 15.5 Å². The smallest absolute Gasteiger partial charge is 0.272 e. The topological polar surface area (TPSA) is 54.9 Å². The molecule has 1 atom stereocenters. The lowest BCUT2D eigenvalue weighted by Gasteiger charge is -2.26. The van der Waals surface area contributed by atoms with Crippen LogP contribution in [0.15, 0.2) is 35.2 Å². The summed E-state index contributed by atoms with van der Waals surface area (Å²) in [5.41, 5.74) is 1.30. The summed E-state index contributed by atoms with van der Waals surface area (Å²) in [5, 5.41) is 11.4. The van der Waals surface area contributed by atoms with Gasteiger partial charge in [-0.15, -0.1) is 22.0 Å². The number of halogens is 2. The molecule has 3 rings (SSSR count). The SMILES string of the molecule is O=C(NC1CCSc2ccc(Cl)cc21)c1ccc(Cl)nn1. The predicted octanol–water partition coefficient (Wildman–Crippen LogP) is 3.75. The molecule has 0 aliphatic carbocycles. The first kappa shape index (κ1) is 14.6. The fourth-order valence-corrected chi connectivity index (χ4v) is 3.57. The Kier molecular flexibility index (Phi) is 4.33. The van der Waals surface area contributed by atoms with Crippen LogP contribution in [0.5, 0.6) is 0 Å². The van der Waals surface area contributed by atoms with Crippen LogP contribution in [0.1, 0.15) is 28.5 Å². The van der Waals surface area contributed by atoms with Gasteiger partial charge < -0.3 is 5.32 Å². The molecule has 108 valence electrons. The molecule has 4 nitrogen and oxygen atoms in total. The lowest BCUT2D eigenvalue weighted by Crippen LogP contribution is -2.31. The molecule has 1 aromatic carbocycles. The van der Waals surface area contributed by atoms with Crippen molar-refractivity contribution in [3.63, 3.8) is 0 Å². The molecule has 0 bridgehead atoms. The molecule has 0 radical (unpaired) electrons. The second-order valence-corrected chi connectivity index (χ2v) is 6.55. The van der Waals surface area contributed by atoms with Crippen molar-refractivity contribution in [3.8, 4) is 0 Å². The zero-order valence-corrected chi connectivity index (χ0v) is 13.2. The minimum atomic E-state index is -0.262. The third-order valence-corrected chi connectivity index (χ3v) is 4.74. The Morgan fingerprint density at radius 1 is 1.24 bits per heavy atom. The van der Waals surface area contributed by atoms with E-state index in [1.807, 2.05) is 18.2 Å². The van der Waals surface area contributed by atoms with Gasteiger partial charge in [0.15, 0.2) is 10.8 Å². The van der Waals surface area contributed by atoms with Gasteiger partial charge in [-0.05, 0) is 42.3 Å². The maximum atomic E-state index is 12.2. The number of carbonyl (C=O) groups is 1. The lowest BCUT2D eigenvalue weighted by atomic mass is 10.0. The van der Waals surface area contributed by atoms with Crippen LogP contribution in [0.25, 0.3) is 0 Å². The van der Waals surface area contributed by atoms with Gasteiger partial charge in [0.2, 0.25) is 0 Å². The van der Waals surface area contributed by atoms with E-state index in [-0.39, 0.29) is 22.8 Å². The van der Waals surface area contributed by atoms with Gasteiger partial charge in [-0.25, -0.2) is 0 Å². The zero-order valence-electron chi connectivity index (χ0n) is 10.8. The number of nitrogens with one attached hydrogen (secondary N) is 1. The first-order chi connectivity index (χ1) is 10.1. The van der Waals surface area contributed by atoms with Crippen LogP contribution < -0.4 is 5.32 Å². The van der Waals surface area contributed by atoms with Gasteiger partial charge in [-0.2, -0.15) is 0 Å². The molecule has 7 heteroatoms. The van der Waals surface area contributed by atoms with Crippen LogP contribution in [0.2, 0.25) is 10.2 Å². The van der Waals surface area contributed by atoms with Crippen LogP contribution in [0.4, 0.5) is 0 Å². The van der Waals surface area contributed by atoms with Crippen LogP contribution in [-0.4, -0.2) is 21.9 Å². The number of amides is 1. The van der Waals surface area contributed by atoms with E-state index in [0.717, 1.165) is 22.6 Å². The minimum Gasteiger partial charge on any atom is -0.344 e. The highest BCUT2D eigenvalue weighted by Gasteiger charge is 2.23. The van der Waals surface area contributed by atoms with Gasteiger partial charge in [-0.3, -0.25) is 4.79 Å². The number of carbonyl (C=O) groups excluding carboxylic acids is 1. The third-order valence-electron chi connectivity index (χ3n) is 3.18. The average molecular weight is 340 g/mol. The van der Waals surface area contributed by atoms with Gasteiger partial charge >= 0.3 is 0 Å². The van der Waals surface area contributed by atoms with Crippen LogP contribution >= 0.6 is 35.0 Å². The number of hydrogen-bond acceptors (Lipinski definition) is 4. The predicted molar refractivity (Wildman–Crippen MR) is 84.0 cm³/mol. The Morgan fingerprint density at radius 3 is 2.86 bits per heavy atom. The largest absolute Gasteiger partial charge is 0.344 e.